The van der Waals surface area contributed by atoms with E-state index in [9.17, 15) is 9.70 Å². The van der Waals surface area contributed by atoms with E-state index in [1.165, 1.54) is 32.1 Å². The van der Waals surface area contributed by atoms with Crippen molar-refractivity contribution >= 4 is 5.97 Å². The van der Waals surface area contributed by atoms with E-state index < -0.39 is 12.0 Å². The molecule has 0 aromatic heterocycles. The maximum atomic E-state index is 11.3. The molecule has 1 rings (SSSR count). The predicted molar refractivity (Wildman–Crippen MR) is 66.6 cm³/mol. The van der Waals surface area contributed by atoms with E-state index in [4.69, 9.17) is 4.74 Å². The fourth-order valence-corrected chi connectivity index (χ4v) is 2.53. The molecule has 1 saturated carbocycles. The van der Waals surface area contributed by atoms with Gasteiger partial charge in [-0.05, 0) is 19.3 Å². The number of esters is 1. The number of rotatable bonds is 7. The van der Waals surface area contributed by atoms with Gasteiger partial charge in [0.1, 0.15) is 0 Å². The van der Waals surface area contributed by atoms with Gasteiger partial charge in [-0.1, -0.05) is 50.1 Å². The van der Waals surface area contributed by atoms with Gasteiger partial charge in [-0.2, -0.15) is 0 Å². The standard InChI is InChI=1S/C13H23NO3/c1-2-17-13(15)12(14-16)10-6-9-11-7-4-3-5-8-11/h11-12H,2-10H2,1H3. The zero-order valence-corrected chi connectivity index (χ0v) is 10.7. The number of carbonyl (C=O) groups is 1. The zero-order valence-electron chi connectivity index (χ0n) is 10.7. The van der Waals surface area contributed by atoms with Crippen LogP contribution in [-0.2, 0) is 9.53 Å². The largest absolute Gasteiger partial charge is 0.464 e. The number of ether oxygens (including phenoxy) is 1. The Morgan fingerprint density at radius 1 is 1.35 bits per heavy atom. The molecule has 0 aromatic rings. The molecule has 17 heavy (non-hydrogen) atoms. The molecule has 0 bridgehead atoms. The lowest BCUT2D eigenvalue weighted by Crippen LogP contribution is -2.21. The molecule has 1 aliphatic rings. The molecule has 1 atom stereocenters. The molecule has 0 spiro atoms. The summed E-state index contributed by atoms with van der Waals surface area (Å²) < 4.78 is 4.80. The molecule has 0 radical (unpaired) electrons. The van der Waals surface area contributed by atoms with Gasteiger partial charge < -0.3 is 4.74 Å². The van der Waals surface area contributed by atoms with Crippen molar-refractivity contribution in [3.8, 4) is 0 Å². The molecule has 1 unspecified atom stereocenters. The highest BCUT2D eigenvalue weighted by atomic mass is 16.5. The highest BCUT2D eigenvalue weighted by molar-refractivity contribution is 5.75. The Kier molecular flexibility index (Phi) is 6.82. The van der Waals surface area contributed by atoms with E-state index in [0.29, 0.717) is 13.0 Å². The van der Waals surface area contributed by atoms with E-state index in [0.717, 1.165) is 18.8 Å². The Morgan fingerprint density at radius 3 is 2.65 bits per heavy atom. The molecular weight excluding hydrogens is 218 g/mol. The van der Waals surface area contributed by atoms with E-state index in [1.54, 1.807) is 6.92 Å². The summed E-state index contributed by atoms with van der Waals surface area (Å²) >= 11 is 0. The average Bonchev–Trinajstić information content (AvgIpc) is 2.36. The van der Waals surface area contributed by atoms with Gasteiger partial charge >= 0.3 is 5.97 Å². The molecule has 0 aromatic carbocycles. The van der Waals surface area contributed by atoms with Crippen molar-refractivity contribution in [2.24, 2.45) is 11.1 Å². The van der Waals surface area contributed by atoms with Gasteiger partial charge in [0.15, 0.2) is 6.04 Å². The second kappa shape index (κ2) is 8.20. The normalized spacial score (nSPS) is 18.6. The SMILES string of the molecule is CCOC(=O)C(CCCC1CCCCC1)N=O. The quantitative estimate of drug-likeness (QED) is 0.507. The molecular formula is C13H23NO3. The van der Waals surface area contributed by atoms with E-state index in [1.807, 2.05) is 0 Å². The minimum Gasteiger partial charge on any atom is -0.464 e. The molecule has 0 heterocycles. The monoisotopic (exact) mass is 241 g/mol. The number of carbonyl (C=O) groups excluding carboxylic acids is 1. The van der Waals surface area contributed by atoms with Crippen LogP contribution in [0.5, 0.6) is 0 Å². The molecule has 4 heteroatoms. The van der Waals surface area contributed by atoms with Crippen LogP contribution in [0.2, 0.25) is 0 Å². The summed E-state index contributed by atoms with van der Waals surface area (Å²) in [6.07, 6.45) is 9.19. The van der Waals surface area contributed by atoms with Gasteiger partial charge in [0, 0.05) is 0 Å². The third-order valence-electron chi connectivity index (χ3n) is 3.50. The summed E-state index contributed by atoms with van der Waals surface area (Å²) in [5.41, 5.74) is 0. The van der Waals surface area contributed by atoms with Crippen LogP contribution in [0.4, 0.5) is 0 Å². The van der Waals surface area contributed by atoms with E-state index >= 15 is 0 Å². The van der Waals surface area contributed by atoms with Crippen molar-refractivity contribution in [2.45, 2.75) is 64.3 Å². The molecule has 98 valence electrons. The first-order chi connectivity index (χ1) is 8.27. The average molecular weight is 241 g/mol. The smallest absolute Gasteiger partial charge is 0.334 e. The van der Waals surface area contributed by atoms with Crippen LogP contribution in [0.15, 0.2) is 5.18 Å². The van der Waals surface area contributed by atoms with Gasteiger partial charge in [0.25, 0.3) is 0 Å². The van der Waals surface area contributed by atoms with Crippen LogP contribution in [0, 0.1) is 10.8 Å². The lowest BCUT2D eigenvalue weighted by molar-refractivity contribution is -0.144. The maximum absolute atomic E-state index is 11.3. The summed E-state index contributed by atoms with van der Waals surface area (Å²) in [5.74, 6) is 0.324. The summed E-state index contributed by atoms with van der Waals surface area (Å²) in [6, 6.07) is -0.793. The molecule has 1 fully saturated rings. The van der Waals surface area contributed by atoms with Gasteiger partial charge in [-0.15, -0.1) is 4.91 Å². The first-order valence-corrected chi connectivity index (χ1v) is 6.77. The van der Waals surface area contributed by atoms with Crippen molar-refractivity contribution in [1.29, 1.82) is 0 Å². The molecule has 0 saturated heterocycles. The van der Waals surface area contributed by atoms with Crippen LogP contribution in [-0.4, -0.2) is 18.6 Å². The third-order valence-corrected chi connectivity index (χ3v) is 3.50. The second-order valence-corrected chi connectivity index (χ2v) is 4.81. The Balaban J connectivity index is 2.18. The van der Waals surface area contributed by atoms with Crippen LogP contribution >= 0.6 is 0 Å². The molecule has 4 nitrogen and oxygen atoms in total. The summed E-state index contributed by atoms with van der Waals surface area (Å²) in [4.78, 5) is 21.9. The van der Waals surface area contributed by atoms with Gasteiger partial charge in [-0.3, -0.25) is 0 Å². The predicted octanol–water partition coefficient (Wildman–Crippen LogP) is 3.44. The van der Waals surface area contributed by atoms with Crippen molar-refractivity contribution in [3.05, 3.63) is 4.91 Å². The lowest BCUT2D eigenvalue weighted by atomic mass is 9.85. The summed E-state index contributed by atoms with van der Waals surface area (Å²) in [6.45, 7) is 2.05. The van der Waals surface area contributed by atoms with Crippen LogP contribution in [0.1, 0.15) is 58.3 Å². The van der Waals surface area contributed by atoms with Gasteiger partial charge in [0.2, 0.25) is 0 Å². The number of hydrogen-bond acceptors (Lipinski definition) is 4. The van der Waals surface area contributed by atoms with Gasteiger partial charge in [0.05, 0.1) is 6.61 Å². The summed E-state index contributed by atoms with van der Waals surface area (Å²) in [5, 5.41) is 2.86. The van der Waals surface area contributed by atoms with Crippen LogP contribution in [0.3, 0.4) is 0 Å². The second-order valence-electron chi connectivity index (χ2n) is 4.81. The Morgan fingerprint density at radius 2 is 2.06 bits per heavy atom. The highest BCUT2D eigenvalue weighted by Crippen LogP contribution is 2.28. The Bertz CT molecular complexity index is 237. The minimum atomic E-state index is -0.793. The Labute approximate surface area is 103 Å². The lowest BCUT2D eigenvalue weighted by Gasteiger charge is -2.21. The fraction of sp³-hybridized carbons (Fsp3) is 0.923. The maximum Gasteiger partial charge on any atom is 0.334 e. The zero-order chi connectivity index (χ0) is 12.5. The number of nitroso groups, excluding NO2 is 1. The third kappa shape index (κ3) is 5.29. The highest BCUT2D eigenvalue weighted by Gasteiger charge is 2.21. The molecule has 0 amide bonds. The van der Waals surface area contributed by atoms with Gasteiger partial charge in [-0.25, -0.2) is 4.79 Å². The first kappa shape index (κ1) is 14.1. The van der Waals surface area contributed by atoms with Crippen molar-refractivity contribution < 1.29 is 9.53 Å². The van der Waals surface area contributed by atoms with Crippen molar-refractivity contribution in [3.63, 3.8) is 0 Å². The van der Waals surface area contributed by atoms with Crippen LogP contribution < -0.4 is 0 Å². The molecule has 0 aliphatic heterocycles. The fourth-order valence-electron chi connectivity index (χ4n) is 2.53. The summed E-state index contributed by atoms with van der Waals surface area (Å²) in [7, 11) is 0. The minimum absolute atomic E-state index is 0.313. The number of hydrogen-bond donors (Lipinski definition) is 0. The van der Waals surface area contributed by atoms with Crippen LogP contribution in [0.25, 0.3) is 0 Å². The number of nitrogens with zero attached hydrogens (tertiary/aromatic N) is 1. The van der Waals surface area contributed by atoms with E-state index in [-0.39, 0.29) is 0 Å². The van der Waals surface area contributed by atoms with Crippen molar-refractivity contribution in [2.75, 3.05) is 6.61 Å². The first-order valence-electron chi connectivity index (χ1n) is 6.77. The Hall–Kier alpha value is -0.930. The molecule has 0 N–H and O–H groups in total. The topological polar surface area (TPSA) is 55.7 Å². The van der Waals surface area contributed by atoms with Crippen molar-refractivity contribution in [1.82, 2.24) is 0 Å². The molecule has 1 aliphatic carbocycles. The van der Waals surface area contributed by atoms with E-state index in [2.05, 4.69) is 5.18 Å².